The van der Waals surface area contributed by atoms with Crippen LogP contribution in [0.4, 0.5) is 0 Å². The topological polar surface area (TPSA) is 62.6 Å². The molecule has 5 nitrogen and oxygen atoms in total. The van der Waals surface area contributed by atoms with Gasteiger partial charge in [-0.15, -0.1) is 0 Å². The SMILES string of the molecule is O=C(c1ccco1)N1CCC(NC(=O)C23CC4CC(CC(C4)C2)C3)CC1. The molecule has 26 heavy (non-hydrogen) atoms. The monoisotopic (exact) mass is 356 g/mol. The minimum Gasteiger partial charge on any atom is -0.459 e. The number of amides is 2. The van der Waals surface area contributed by atoms with E-state index in [0.29, 0.717) is 24.8 Å². The molecule has 1 N–H and O–H groups in total. The number of likely N-dealkylation sites (tertiary alicyclic amines) is 1. The Morgan fingerprint density at radius 2 is 1.65 bits per heavy atom. The van der Waals surface area contributed by atoms with E-state index in [2.05, 4.69) is 5.32 Å². The van der Waals surface area contributed by atoms with E-state index in [0.717, 1.165) is 49.9 Å². The second-order valence-corrected chi connectivity index (χ2v) is 9.22. The van der Waals surface area contributed by atoms with Crippen molar-refractivity contribution >= 4 is 11.8 Å². The van der Waals surface area contributed by atoms with Crippen molar-refractivity contribution in [1.82, 2.24) is 10.2 Å². The van der Waals surface area contributed by atoms with Crippen LogP contribution in [-0.4, -0.2) is 35.8 Å². The van der Waals surface area contributed by atoms with E-state index in [-0.39, 0.29) is 17.4 Å². The lowest BCUT2D eigenvalue weighted by molar-refractivity contribution is -0.147. The van der Waals surface area contributed by atoms with E-state index in [9.17, 15) is 9.59 Å². The van der Waals surface area contributed by atoms with Crippen molar-refractivity contribution in [3.63, 3.8) is 0 Å². The van der Waals surface area contributed by atoms with E-state index in [1.165, 1.54) is 25.5 Å². The minimum atomic E-state index is -0.0735. The number of piperidine rings is 1. The third-order valence-corrected chi connectivity index (χ3v) is 7.37. The van der Waals surface area contributed by atoms with Crippen molar-refractivity contribution in [2.75, 3.05) is 13.1 Å². The first kappa shape index (κ1) is 16.4. The molecule has 5 fully saturated rings. The van der Waals surface area contributed by atoms with Crippen LogP contribution in [-0.2, 0) is 4.79 Å². The number of hydrogen-bond donors (Lipinski definition) is 1. The van der Waals surface area contributed by atoms with Gasteiger partial charge in [0.05, 0.1) is 6.26 Å². The Bertz CT molecular complexity index is 653. The molecule has 0 atom stereocenters. The highest BCUT2D eigenvalue weighted by Crippen LogP contribution is 2.60. The number of carbonyl (C=O) groups is 2. The van der Waals surface area contributed by atoms with Gasteiger partial charge in [-0.05, 0) is 81.3 Å². The summed E-state index contributed by atoms with van der Waals surface area (Å²) in [7, 11) is 0. The summed E-state index contributed by atoms with van der Waals surface area (Å²) in [6, 6.07) is 3.66. The quantitative estimate of drug-likeness (QED) is 0.904. The molecule has 1 aromatic rings. The molecule has 140 valence electrons. The molecular formula is C21H28N2O3. The van der Waals surface area contributed by atoms with Gasteiger partial charge in [0, 0.05) is 24.5 Å². The Morgan fingerprint density at radius 3 is 2.19 bits per heavy atom. The van der Waals surface area contributed by atoms with E-state index >= 15 is 0 Å². The normalized spacial score (nSPS) is 36.3. The highest BCUT2D eigenvalue weighted by atomic mass is 16.3. The number of hydrogen-bond acceptors (Lipinski definition) is 3. The highest BCUT2D eigenvalue weighted by molar-refractivity contribution is 5.91. The van der Waals surface area contributed by atoms with Gasteiger partial charge in [0.2, 0.25) is 5.91 Å². The molecule has 6 rings (SSSR count). The molecule has 2 heterocycles. The van der Waals surface area contributed by atoms with Gasteiger partial charge in [-0.1, -0.05) is 0 Å². The van der Waals surface area contributed by atoms with Gasteiger partial charge in [0.25, 0.3) is 5.91 Å². The van der Waals surface area contributed by atoms with E-state index in [4.69, 9.17) is 4.42 Å². The Kier molecular flexibility index (Phi) is 3.87. The zero-order chi connectivity index (χ0) is 17.7. The molecule has 0 unspecified atom stereocenters. The molecule has 1 saturated heterocycles. The van der Waals surface area contributed by atoms with Crippen LogP contribution in [0.5, 0.6) is 0 Å². The number of carbonyl (C=O) groups excluding carboxylic acids is 2. The molecule has 1 aromatic heterocycles. The van der Waals surface area contributed by atoms with Gasteiger partial charge in [-0.25, -0.2) is 0 Å². The van der Waals surface area contributed by atoms with E-state index in [1.807, 2.05) is 4.90 Å². The Labute approximate surface area is 154 Å². The summed E-state index contributed by atoms with van der Waals surface area (Å²) in [5.74, 6) is 3.05. The molecular weight excluding hydrogens is 328 g/mol. The van der Waals surface area contributed by atoms with Gasteiger partial charge < -0.3 is 14.6 Å². The number of nitrogens with one attached hydrogen (secondary N) is 1. The maximum Gasteiger partial charge on any atom is 0.289 e. The fraction of sp³-hybridized carbons (Fsp3) is 0.714. The van der Waals surface area contributed by atoms with Crippen LogP contribution < -0.4 is 5.32 Å². The minimum absolute atomic E-state index is 0.0409. The van der Waals surface area contributed by atoms with Gasteiger partial charge in [-0.3, -0.25) is 9.59 Å². The molecule has 0 aromatic carbocycles. The van der Waals surface area contributed by atoms with E-state index in [1.54, 1.807) is 12.1 Å². The average molecular weight is 356 g/mol. The van der Waals surface area contributed by atoms with Crippen LogP contribution in [0.1, 0.15) is 61.9 Å². The molecule has 4 aliphatic carbocycles. The summed E-state index contributed by atoms with van der Waals surface area (Å²) in [6.45, 7) is 1.37. The summed E-state index contributed by atoms with van der Waals surface area (Å²) < 4.78 is 5.22. The van der Waals surface area contributed by atoms with Crippen molar-refractivity contribution in [1.29, 1.82) is 0 Å². The second kappa shape index (κ2) is 6.14. The maximum absolute atomic E-state index is 13.2. The lowest BCUT2D eigenvalue weighted by atomic mass is 9.49. The lowest BCUT2D eigenvalue weighted by Gasteiger charge is -2.56. The first-order chi connectivity index (χ1) is 12.6. The predicted molar refractivity (Wildman–Crippen MR) is 96.4 cm³/mol. The molecule has 5 aliphatic rings. The molecule has 0 radical (unpaired) electrons. The fourth-order valence-electron chi connectivity index (χ4n) is 6.51. The first-order valence-corrected chi connectivity index (χ1v) is 10.2. The second-order valence-electron chi connectivity index (χ2n) is 9.22. The average Bonchev–Trinajstić information content (AvgIpc) is 3.15. The third kappa shape index (κ3) is 2.76. The number of rotatable bonds is 3. The first-order valence-electron chi connectivity index (χ1n) is 10.2. The number of nitrogens with zero attached hydrogens (tertiary/aromatic N) is 1. The maximum atomic E-state index is 13.2. The summed E-state index contributed by atoms with van der Waals surface area (Å²) in [6.07, 6.45) is 10.6. The van der Waals surface area contributed by atoms with Gasteiger partial charge >= 0.3 is 0 Å². The third-order valence-electron chi connectivity index (χ3n) is 7.37. The van der Waals surface area contributed by atoms with Crippen molar-refractivity contribution < 1.29 is 14.0 Å². The van der Waals surface area contributed by atoms with Crippen molar-refractivity contribution in [2.24, 2.45) is 23.2 Å². The van der Waals surface area contributed by atoms with Crippen LogP contribution in [0.2, 0.25) is 0 Å². The Hall–Kier alpha value is -1.78. The smallest absolute Gasteiger partial charge is 0.289 e. The Morgan fingerprint density at radius 1 is 1.04 bits per heavy atom. The van der Waals surface area contributed by atoms with Crippen molar-refractivity contribution in [3.8, 4) is 0 Å². The summed E-state index contributed by atoms with van der Waals surface area (Å²) in [4.78, 5) is 27.4. The van der Waals surface area contributed by atoms with Gasteiger partial charge in [0.15, 0.2) is 5.76 Å². The molecule has 4 saturated carbocycles. The van der Waals surface area contributed by atoms with Crippen molar-refractivity contribution in [2.45, 2.75) is 57.4 Å². The lowest BCUT2D eigenvalue weighted by Crippen LogP contribution is -2.56. The highest BCUT2D eigenvalue weighted by Gasteiger charge is 2.54. The standard InChI is InChI=1S/C21H28N2O3/c24-19(18-2-1-7-26-18)23-5-3-17(4-6-23)22-20(25)21-11-14-8-15(12-21)10-16(9-14)13-21/h1-2,7,14-17H,3-6,8-13H2,(H,22,25). The van der Waals surface area contributed by atoms with E-state index < -0.39 is 0 Å². The molecule has 0 spiro atoms. The van der Waals surface area contributed by atoms with Crippen LogP contribution in [0.3, 0.4) is 0 Å². The van der Waals surface area contributed by atoms with Crippen LogP contribution in [0.25, 0.3) is 0 Å². The predicted octanol–water partition coefficient (Wildman–Crippen LogP) is 3.22. The van der Waals surface area contributed by atoms with Crippen LogP contribution in [0, 0.1) is 23.2 Å². The summed E-state index contributed by atoms with van der Waals surface area (Å²) >= 11 is 0. The van der Waals surface area contributed by atoms with Gasteiger partial charge in [0.1, 0.15) is 0 Å². The Balaban J connectivity index is 1.18. The summed E-state index contributed by atoms with van der Waals surface area (Å²) in [5.41, 5.74) is -0.0735. The molecule has 2 amide bonds. The van der Waals surface area contributed by atoms with Crippen LogP contribution >= 0.6 is 0 Å². The largest absolute Gasteiger partial charge is 0.459 e. The molecule has 5 heteroatoms. The van der Waals surface area contributed by atoms with Crippen molar-refractivity contribution in [3.05, 3.63) is 24.2 Å². The zero-order valence-corrected chi connectivity index (χ0v) is 15.3. The molecule has 1 aliphatic heterocycles. The molecule has 4 bridgehead atoms. The summed E-state index contributed by atoms with van der Waals surface area (Å²) in [5, 5.41) is 3.37. The zero-order valence-electron chi connectivity index (χ0n) is 15.3. The van der Waals surface area contributed by atoms with Gasteiger partial charge in [-0.2, -0.15) is 0 Å². The fourth-order valence-corrected chi connectivity index (χ4v) is 6.51. The van der Waals surface area contributed by atoms with Crippen LogP contribution in [0.15, 0.2) is 22.8 Å². The number of furan rings is 1.